The molecule has 0 aromatic heterocycles. The quantitative estimate of drug-likeness (QED) is 0.452. The highest BCUT2D eigenvalue weighted by Crippen LogP contribution is 2.20. The number of hydrogen-bond donors (Lipinski definition) is 0. The molecule has 0 bridgehead atoms. The van der Waals surface area contributed by atoms with Gasteiger partial charge in [0.15, 0.2) is 0 Å². The molecule has 1 atom stereocenters. The van der Waals surface area contributed by atoms with Crippen molar-refractivity contribution >= 4 is 17.0 Å². The lowest BCUT2D eigenvalue weighted by Crippen LogP contribution is -2.34. The summed E-state index contributed by atoms with van der Waals surface area (Å²) < 4.78 is 0. The van der Waals surface area contributed by atoms with Gasteiger partial charge in [-0.3, -0.25) is 4.79 Å². The number of carbonyl (C=O) groups is 1. The van der Waals surface area contributed by atoms with Crippen LogP contribution >= 0.6 is 11.6 Å². The van der Waals surface area contributed by atoms with E-state index < -0.39 is 0 Å². The molecule has 17 heavy (non-hydrogen) atoms. The van der Waals surface area contributed by atoms with Crippen LogP contribution in [0.25, 0.3) is 0 Å². The number of carbonyl (C=O) groups excluding carboxylic acids is 1. The normalized spacial score (nSPS) is 18.4. The maximum absolute atomic E-state index is 11.5. The summed E-state index contributed by atoms with van der Waals surface area (Å²) in [5.41, 5.74) is 2.34. The zero-order valence-electron chi connectivity index (χ0n) is 9.90. The molecular formula is C14H16ClNO. The minimum atomic E-state index is -0.373. The molecule has 1 aromatic rings. The molecule has 0 aliphatic heterocycles. The second-order valence-corrected chi connectivity index (χ2v) is 4.76. The number of benzene rings is 1. The van der Waals surface area contributed by atoms with Gasteiger partial charge in [-0.05, 0) is 36.9 Å². The van der Waals surface area contributed by atoms with Gasteiger partial charge in [0.2, 0.25) is 0 Å². The summed E-state index contributed by atoms with van der Waals surface area (Å²) in [7, 11) is 0. The Morgan fingerprint density at radius 2 is 2.12 bits per heavy atom. The molecule has 90 valence electrons. The van der Waals surface area contributed by atoms with E-state index in [1.165, 1.54) is 5.56 Å². The van der Waals surface area contributed by atoms with Gasteiger partial charge >= 0.3 is 5.37 Å². The molecule has 2 rings (SSSR count). The van der Waals surface area contributed by atoms with Crippen LogP contribution in [0.2, 0.25) is 0 Å². The van der Waals surface area contributed by atoms with Crippen molar-refractivity contribution in [1.29, 1.82) is 0 Å². The van der Waals surface area contributed by atoms with Gasteiger partial charge in [-0.25, -0.2) is 0 Å². The Kier molecular flexibility index (Phi) is 3.85. The van der Waals surface area contributed by atoms with Crippen LogP contribution in [-0.2, 0) is 6.54 Å². The van der Waals surface area contributed by atoms with E-state index in [2.05, 4.69) is 24.3 Å². The van der Waals surface area contributed by atoms with Crippen LogP contribution < -0.4 is 0 Å². The second kappa shape index (κ2) is 5.37. The first-order valence-corrected chi connectivity index (χ1v) is 6.23. The molecule has 3 heteroatoms. The van der Waals surface area contributed by atoms with Gasteiger partial charge in [0.1, 0.15) is 0 Å². The Bertz CT molecular complexity index is 424. The van der Waals surface area contributed by atoms with Gasteiger partial charge in [-0.1, -0.05) is 42.0 Å². The summed E-state index contributed by atoms with van der Waals surface area (Å²) in [6, 6.07) is 8.34. The lowest BCUT2D eigenvalue weighted by atomic mass is 10.1. The molecule has 0 spiro atoms. The number of rotatable bonds is 3. The second-order valence-electron chi connectivity index (χ2n) is 4.44. The van der Waals surface area contributed by atoms with Crippen molar-refractivity contribution in [3.05, 3.63) is 47.5 Å². The molecule has 1 amide bonds. The first-order valence-electron chi connectivity index (χ1n) is 5.85. The largest absolute Gasteiger partial charge is 0.318 e. The fraction of sp³-hybridized carbons (Fsp3) is 0.357. The van der Waals surface area contributed by atoms with Crippen molar-refractivity contribution in [3.8, 4) is 0 Å². The molecule has 1 unspecified atom stereocenters. The Balaban J connectivity index is 2.09. The van der Waals surface area contributed by atoms with Crippen LogP contribution in [0.1, 0.15) is 24.0 Å². The number of amides is 1. The standard InChI is InChI=1S/C14H16ClNO/c1-11-6-8-12(9-7-11)10-16(14(15)17)13-4-2-3-5-13/h2,4,6-9,13H,3,5,10H2,1H3. The number of allylic oxidation sites excluding steroid dienone is 1. The zero-order chi connectivity index (χ0) is 12.3. The van der Waals surface area contributed by atoms with Crippen molar-refractivity contribution in [1.82, 2.24) is 4.90 Å². The molecule has 0 radical (unpaired) electrons. The fourth-order valence-corrected chi connectivity index (χ4v) is 2.26. The molecule has 1 aliphatic carbocycles. The Morgan fingerprint density at radius 3 is 2.65 bits per heavy atom. The summed E-state index contributed by atoms with van der Waals surface area (Å²) in [4.78, 5) is 13.2. The van der Waals surface area contributed by atoms with E-state index in [0.29, 0.717) is 6.54 Å². The maximum Gasteiger partial charge on any atom is 0.317 e. The number of nitrogens with zero attached hydrogens (tertiary/aromatic N) is 1. The lowest BCUT2D eigenvalue weighted by Gasteiger charge is -2.25. The van der Waals surface area contributed by atoms with E-state index in [0.717, 1.165) is 18.4 Å². The van der Waals surface area contributed by atoms with Gasteiger partial charge in [0, 0.05) is 6.54 Å². The third kappa shape index (κ3) is 3.10. The predicted octanol–water partition coefficient (Wildman–Crippen LogP) is 3.87. The van der Waals surface area contributed by atoms with Crippen molar-refractivity contribution in [2.24, 2.45) is 0 Å². The molecule has 0 saturated carbocycles. The van der Waals surface area contributed by atoms with Gasteiger partial charge in [-0.15, -0.1) is 0 Å². The highest BCUT2D eigenvalue weighted by atomic mass is 35.5. The molecular weight excluding hydrogens is 234 g/mol. The van der Waals surface area contributed by atoms with Gasteiger partial charge in [-0.2, -0.15) is 0 Å². The van der Waals surface area contributed by atoms with E-state index in [1.807, 2.05) is 19.1 Å². The zero-order valence-corrected chi connectivity index (χ0v) is 10.7. The molecule has 0 saturated heterocycles. The van der Waals surface area contributed by atoms with Crippen LogP contribution in [-0.4, -0.2) is 16.3 Å². The van der Waals surface area contributed by atoms with Crippen molar-refractivity contribution in [3.63, 3.8) is 0 Å². The lowest BCUT2D eigenvalue weighted by molar-refractivity contribution is 0.206. The van der Waals surface area contributed by atoms with Gasteiger partial charge in [0.25, 0.3) is 0 Å². The van der Waals surface area contributed by atoms with Crippen molar-refractivity contribution < 1.29 is 4.79 Å². The number of halogens is 1. The van der Waals surface area contributed by atoms with E-state index in [1.54, 1.807) is 4.90 Å². The summed E-state index contributed by atoms with van der Waals surface area (Å²) >= 11 is 5.66. The van der Waals surface area contributed by atoms with Crippen LogP contribution in [0.3, 0.4) is 0 Å². The number of hydrogen-bond acceptors (Lipinski definition) is 1. The van der Waals surface area contributed by atoms with Crippen LogP contribution in [0.15, 0.2) is 36.4 Å². The Morgan fingerprint density at radius 1 is 1.41 bits per heavy atom. The summed E-state index contributed by atoms with van der Waals surface area (Å²) in [6.45, 7) is 2.63. The fourth-order valence-electron chi connectivity index (χ4n) is 2.08. The van der Waals surface area contributed by atoms with Gasteiger partial charge < -0.3 is 4.90 Å². The summed E-state index contributed by atoms with van der Waals surface area (Å²) in [5, 5.41) is -0.373. The molecule has 1 aromatic carbocycles. The topological polar surface area (TPSA) is 20.3 Å². The van der Waals surface area contributed by atoms with Crippen molar-refractivity contribution in [2.75, 3.05) is 0 Å². The summed E-state index contributed by atoms with van der Waals surface area (Å²) in [6.07, 6.45) is 6.17. The van der Waals surface area contributed by atoms with E-state index in [4.69, 9.17) is 11.6 Å². The van der Waals surface area contributed by atoms with E-state index in [-0.39, 0.29) is 11.4 Å². The average molecular weight is 250 g/mol. The highest BCUT2D eigenvalue weighted by molar-refractivity contribution is 6.62. The van der Waals surface area contributed by atoms with Crippen LogP contribution in [0, 0.1) is 6.92 Å². The smallest absolute Gasteiger partial charge is 0.317 e. The minimum Gasteiger partial charge on any atom is -0.318 e. The van der Waals surface area contributed by atoms with E-state index >= 15 is 0 Å². The molecule has 0 N–H and O–H groups in total. The SMILES string of the molecule is Cc1ccc(CN(C(=O)Cl)C2C=CCC2)cc1. The highest BCUT2D eigenvalue weighted by Gasteiger charge is 2.22. The monoisotopic (exact) mass is 249 g/mol. The molecule has 0 heterocycles. The Hall–Kier alpha value is -1.28. The first-order chi connectivity index (χ1) is 8.16. The third-order valence-electron chi connectivity index (χ3n) is 3.09. The maximum atomic E-state index is 11.5. The average Bonchev–Trinajstić information content (AvgIpc) is 2.81. The Labute approximate surface area is 107 Å². The minimum absolute atomic E-state index is 0.154. The first kappa shape index (κ1) is 12.2. The summed E-state index contributed by atoms with van der Waals surface area (Å²) in [5.74, 6) is 0. The van der Waals surface area contributed by atoms with Gasteiger partial charge in [0.05, 0.1) is 6.04 Å². The molecule has 0 fully saturated rings. The predicted molar refractivity (Wildman–Crippen MR) is 70.1 cm³/mol. The molecule has 1 aliphatic rings. The van der Waals surface area contributed by atoms with E-state index in [9.17, 15) is 4.79 Å². The molecule has 2 nitrogen and oxygen atoms in total. The van der Waals surface area contributed by atoms with Crippen LogP contribution in [0.5, 0.6) is 0 Å². The number of aryl methyl sites for hydroxylation is 1. The third-order valence-corrected chi connectivity index (χ3v) is 3.30. The van der Waals surface area contributed by atoms with Crippen molar-refractivity contribution in [2.45, 2.75) is 32.4 Å². The van der Waals surface area contributed by atoms with Crippen LogP contribution in [0.4, 0.5) is 4.79 Å².